The fourth-order valence-corrected chi connectivity index (χ4v) is 1.89. The van der Waals surface area contributed by atoms with Crippen LogP contribution in [-0.4, -0.2) is 29.7 Å². The number of nitrogens with two attached hydrogens (primary N) is 1. The Bertz CT molecular complexity index is 671. The highest BCUT2D eigenvalue weighted by Crippen LogP contribution is 2.18. The van der Waals surface area contributed by atoms with Crippen molar-refractivity contribution in [2.24, 2.45) is 5.73 Å². The lowest BCUT2D eigenvalue weighted by molar-refractivity contribution is -0.154. The van der Waals surface area contributed by atoms with Gasteiger partial charge in [0.1, 0.15) is 0 Å². The van der Waals surface area contributed by atoms with Gasteiger partial charge in [-0.2, -0.15) is 13.2 Å². The molecule has 1 aromatic heterocycles. The monoisotopic (exact) mass is 411 g/mol. The zero-order chi connectivity index (χ0) is 17.6. The van der Waals surface area contributed by atoms with Crippen LogP contribution in [0.2, 0.25) is 0 Å². The third kappa shape index (κ3) is 8.37. The highest BCUT2D eigenvalue weighted by molar-refractivity contribution is 5.94. The number of aromatic nitrogens is 1. The van der Waals surface area contributed by atoms with E-state index in [0.717, 1.165) is 5.56 Å². The van der Waals surface area contributed by atoms with Crippen LogP contribution in [0.1, 0.15) is 5.56 Å². The molecule has 0 aliphatic carbocycles. The quantitative estimate of drug-likeness (QED) is 0.763. The van der Waals surface area contributed by atoms with Crippen molar-refractivity contribution in [3.8, 4) is 5.88 Å². The number of nitrogens with zero attached hydrogens (tertiary/aromatic N) is 1. The van der Waals surface area contributed by atoms with E-state index in [2.05, 4.69) is 15.0 Å². The summed E-state index contributed by atoms with van der Waals surface area (Å²) < 4.78 is 40.6. The first-order chi connectivity index (χ1) is 11.3. The number of hydrogen-bond donors (Lipinski definition) is 2. The number of halogens is 5. The van der Waals surface area contributed by atoms with E-state index in [4.69, 9.17) is 5.73 Å². The minimum atomic E-state index is -4.43. The smallest absolute Gasteiger partial charge is 0.422 e. The van der Waals surface area contributed by atoms with Crippen molar-refractivity contribution in [3.05, 3.63) is 54.2 Å². The topological polar surface area (TPSA) is 77.2 Å². The first-order valence-electron chi connectivity index (χ1n) is 7.09. The first-order valence-corrected chi connectivity index (χ1v) is 7.09. The molecule has 0 radical (unpaired) electrons. The van der Waals surface area contributed by atoms with Crippen LogP contribution in [0, 0.1) is 0 Å². The van der Waals surface area contributed by atoms with Crippen LogP contribution in [0.25, 0.3) is 0 Å². The molecule has 144 valence electrons. The van der Waals surface area contributed by atoms with Crippen molar-refractivity contribution in [2.45, 2.75) is 18.6 Å². The van der Waals surface area contributed by atoms with E-state index in [1.54, 1.807) is 0 Å². The fraction of sp³-hybridized carbons (Fsp3) is 0.250. The number of benzene rings is 1. The van der Waals surface area contributed by atoms with Crippen molar-refractivity contribution in [1.82, 2.24) is 4.98 Å². The van der Waals surface area contributed by atoms with Crippen molar-refractivity contribution in [3.63, 3.8) is 0 Å². The van der Waals surface area contributed by atoms with Gasteiger partial charge in [-0.05, 0) is 18.1 Å². The molecule has 0 aliphatic heterocycles. The lowest BCUT2D eigenvalue weighted by Gasteiger charge is -2.13. The van der Waals surface area contributed by atoms with Gasteiger partial charge >= 0.3 is 6.18 Å². The maximum absolute atomic E-state index is 12.0. The zero-order valence-electron chi connectivity index (χ0n) is 13.4. The van der Waals surface area contributed by atoms with Crippen molar-refractivity contribution < 1.29 is 22.7 Å². The number of nitrogens with one attached hydrogen (secondary N) is 1. The van der Waals surface area contributed by atoms with Gasteiger partial charge in [0, 0.05) is 6.07 Å². The Morgan fingerprint density at radius 2 is 1.81 bits per heavy atom. The molecule has 0 spiro atoms. The molecule has 0 saturated carbocycles. The van der Waals surface area contributed by atoms with Gasteiger partial charge in [0.05, 0.1) is 17.9 Å². The molecule has 3 N–H and O–H groups in total. The Balaban J connectivity index is 0.00000312. The van der Waals surface area contributed by atoms with Gasteiger partial charge in [-0.15, -0.1) is 24.8 Å². The summed E-state index contributed by atoms with van der Waals surface area (Å²) in [4.78, 5) is 15.7. The lowest BCUT2D eigenvalue weighted by atomic mass is 10.1. The SMILES string of the molecule is Cl.Cl.N[C@@H](Cc1ccccc1)C(=O)Nc1ccc(OCC(F)(F)F)nc1. The summed E-state index contributed by atoms with van der Waals surface area (Å²) in [6.07, 6.45) is -2.86. The third-order valence-electron chi connectivity index (χ3n) is 3.02. The van der Waals surface area contributed by atoms with Gasteiger partial charge in [0.2, 0.25) is 11.8 Å². The summed E-state index contributed by atoms with van der Waals surface area (Å²) in [5, 5.41) is 2.56. The Morgan fingerprint density at radius 3 is 2.35 bits per heavy atom. The molecule has 26 heavy (non-hydrogen) atoms. The summed E-state index contributed by atoms with van der Waals surface area (Å²) in [5.41, 5.74) is 7.09. The van der Waals surface area contributed by atoms with Gasteiger partial charge in [-0.3, -0.25) is 4.79 Å². The lowest BCUT2D eigenvalue weighted by Crippen LogP contribution is -2.37. The molecule has 5 nitrogen and oxygen atoms in total. The standard InChI is InChI=1S/C16H16F3N3O2.2ClH/c17-16(18,19)10-24-14-7-6-12(9-21-14)22-15(23)13(20)8-11-4-2-1-3-5-11;;/h1-7,9,13H,8,10,20H2,(H,22,23);2*1H/t13-;;/m0../s1. The van der Waals surface area contributed by atoms with Crippen LogP contribution < -0.4 is 15.8 Å². The molecule has 2 rings (SSSR count). The van der Waals surface area contributed by atoms with Gasteiger partial charge in [0.25, 0.3) is 0 Å². The predicted molar refractivity (Wildman–Crippen MR) is 97.0 cm³/mol. The van der Waals surface area contributed by atoms with Crippen LogP contribution in [0.15, 0.2) is 48.7 Å². The minimum Gasteiger partial charge on any atom is -0.468 e. The summed E-state index contributed by atoms with van der Waals surface area (Å²) in [7, 11) is 0. The van der Waals surface area contributed by atoms with Crippen molar-refractivity contribution >= 4 is 36.4 Å². The van der Waals surface area contributed by atoms with Crippen LogP contribution in [0.4, 0.5) is 18.9 Å². The number of ether oxygens (including phenoxy) is 1. The molecule has 0 saturated heterocycles. The van der Waals surface area contributed by atoms with E-state index in [1.165, 1.54) is 18.3 Å². The summed E-state index contributed by atoms with van der Waals surface area (Å²) in [6.45, 7) is -1.42. The summed E-state index contributed by atoms with van der Waals surface area (Å²) in [6, 6.07) is 11.2. The number of pyridine rings is 1. The van der Waals surface area contributed by atoms with E-state index in [0.29, 0.717) is 12.1 Å². The second kappa shape index (κ2) is 10.8. The molecule has 1 heterocycles. The number of rotatable bonds is 6. The molecule has 0 unspecified atom stereocenters. The van der Waals surface area contributed by atoms with Crippen LogP contribution >= 0.6 is 24.8 Å². The summed E-state index contributed by atoms with van der Waals surface area (Å²) >= 11 is 0. The molecule has 0 fully saturated rings. The second-order valence-electron chi connectivity index (χ2n) is 5.07. The average Bonchev–Trinajstić information content (AvgIpc) is 2.54. The molecule has 0 bridgehead atoms. The van der Waals surface area contributed by atoms with E-state index >= 15 is 0 Å². The largest absolute Gasteiger partial charge is 0.468 e. The number of anilines is 1. The number of amides is 1. The maximum Gasteiger partial charge on any atom is 0.422 e. The highest BCUT2D eigenvalue weighted by atomic mass is 35.5. The van der Waals surface area contributed by atoms with E-state index in [1.807, 2.05) is 30.3 Å². The maximum atomic E-state index is 12.0. The van der Waals surface area contributed by atoms with Gasteiger partial charge in [0.15, 0.2) is 6.61 Å². The Hall–Kier alpha value is -2.03. The molecule has 1 amide bonds. The van der Waals surface area contributed by atoms with Crippen LogP contribution in [-0.2, 0) is 11.2 Å². The Kier molecular flexibility index (Phi) is 10.0. The number of carbonyl (C=O) groups is 1. The predicted octanol–water partition coefficient (Wildman–Crippen LogP) is 3.37. The second-order valence-corrected chi connectivity index (χ2v) is 5.07. The molecule has 0 aliphatic rings. The van der Waals surface area contributed by atoms with E-state index in [9.17, 15) is 18.0 Å². The average molecular weight is 412 g/mol. The molecule has 2 aromatic rings. The van der Waals surface area contributed by atoms with Crippen molar-refractivity contribution in [1.29, 1.82) is 0 Å². The molecular weight excluding hydrogens is 394 g/mol. The molecular formula is C16H18Cl2F3N3O2. The van der Waals surface area contributed by atoms with Gasteiger partial charge in [-0.25, -0.2) is 4.98 Å². The number of alkyl halides is 3. The van der Waals surface area contributed by atoms with Gasteiger partial charge < -0.3 is 15.8 Å². The molecule has 1 aromatic carbocycles. The number of carbonyl (C=O) groups excluding carboxylic acids is 1. The minimum absolute atomic E-state index is 0. The Morgan fingerprint density at radius 1 is 1.15 bits per heavy atom. The normalized spacial score (nSPS) is 11.5. The van der Waals surface area contributed by atoms with Crippen molar-refractivity contribution in [2.75, 3.05) is 11.9 Å². The van der Waals surface area contributed by atoms with Crippen LogP contribution in [0.5, 0.6) is 5.88 Å². The molecule has 10 heteroatoms. The van der Waals surface area contributed by atoms with Gasteiger partial charge in [-0.1, -0.05) is 30.3 Å². The third-order valence-corrected chi connectivity index (χ3v) is 3.02. The van der Waals surface area contributed by atoms with E-state index < -0.39 is 24.7 Å². The first kappa shape index (κ1) is 24.0. The Labute approximate surface area is 161 Å². The number of hydrogen-bond acceptors (Lipinski definition) is 4. The fourth-order valence-electron chi connectivity index (χ4n) is 1.89. The highest BCUT2D eigenvalue weighted by Gasteiger charge is 2.28. The molecule has 1 atom stereocenters. The van der Waals surface area contributed by atoms with E-state index in [-0.39, 0.29) is 30.7 Å². The zero-order valence-corrected chi connectivity index (χ0v) is 15.0. The summed E-state index contributed by atoms with van der Waals surface area (Å²) in [5.74, 6) is -0.594. The van der Waals surface area contributed by atoms with Crippen LogP contribution in [0.3, 0.4) is 0 Å².